The number of halogens is 4. The highest BCUT2D eigenvalue weighted by Crippen LogP contribution is 2.48. The van der Waals surface area contributed by atoms with Gasteiger partial charge in [-0.2, -0.15) is 13.2 Å². The van der Waals surface area contributed by atoms with Crippen LogP contribution >= 0.6 is 0 Å². The summed E-state index contributed by atoms with van der Waals surface area (Å²) in [5.41, 5.74) is -1.04. The molecule has 67 heavy (non-hydrogen) atoms. The number of hydrogen-bond acceptors (Lipinski definition) is 11. The van der Waals surface area contributed by atoms with E-state index in [2.05, 4.69) is 20.1 Å². The molecule has 0 radical (unpaired) electrons. The zero-order chi connectivity index (χ0) is 48.8. The van der Waals surface area contributed by atoms with Crippen molar-refractivity contribution in [3.05, 3.63) is 60.4 Å². The highest BCUT2D eigenvalue weighted by atomic mass is 32.2. The predicted molar refractivity (Wildman–Crippen MR) is 238 cm³/mol. The Hall–Kier alpha value is -5.66. The molecule has 2 aromatic carbocycles. The first-order chi connectivity index (χ1) is 31.4. The molecule has 1 saturated heterocycles. The number of hydrogen-bond donors (Lipinski definition) is 3. The largest absolute Gasteiger partial charge is 0.497 e. The van der Waals surface area contributed by atoms with Gasteiger partial charge >= 0.3 is 12.3 Å². The normalized spacial score (nSPS) is 27.3. The third-order valence-electron chi connectivity index (χ3n) is 13.1. The highest BCUT2D eigenvalue weighted by Gasteiger charge is 2.63. The van der Waals surface area contributed by atoms with Crippen LogP contribution in [0.4, 0.5) is 22.4 Å². The quantitative estimate of drug-likeness (QED) is 0.131. The summed E-state index contributed by atoms with van der Waals surface area (Å²) in [7, 11) is -2.64. The molecular weight excluding hydrogens is 903 g/mol. The molecule has 0 bridgehead atoms. The Balaban J connectivity index is 1.27. The lowest BCUT2D eigenvalue weighted by atomic mass is 9.88. The van der Waals surface area contributed by atoms with E-state index in [1.807, 2.05) is 13.0 Å². The maximum atomic E-state index is 15.3. The second-order valence-electron chi connectivity index (χ2n) is 18.9. The molecule has 4 aliphatic rings. The van der Waals surface area contributed by atoms with Gasteiger partial charge in [-0.25, -0.2) is 22.6 Å². The number of nitrogens with one attached hydrogen (secondary N) is 3. The van der Waals surface area contributed by atoms with E-state index in [0.29, 0.717) is 66.8 Å². The molecule has 364 valence electrons. The fourth-order valence-electron chi connectivity index (χ4n) is 8.72. The fraction of sp³-hybridized carbons (Fsp3) is 0.553. The van der Waals surface area contributed by atoms with E-state index in [1.54, 1.807) is 57.2 Å². The van der Waals surface area contributed by atoms with E-state index >= 15 is 4.39 Å². The molecular formula is C47H57F4N5O10S. The summed E-state index contributed by atoms with van der Waals surface area (Å²) in [4.78, 5) is 62.8. The number of alkyl halides is 3. The minimum atomic E-state index is -4.89. The number of methoxy groups -OCH3 is 1. The summed E-state index contributed by atoms with van der Waals surface area (Å²) in [6, 6.07) is 8.29. The van der Waals surface area contributed by atoms with Crippen LogP contribution in [0.15, 0.2) is 54.6 Å². The van der Waals surface area contributed by atoms with Crippen LogP contribution in [0.25, 0.3) is 22.0 Å². The van der Waals surface area contributed by atoms with Gasteiger partial charge in [-0.15, -0.1) is 0 Å². The second-order valence-corrected chi connectivity index (χ2v) is 21.1. The summed E-state index contributed by atoms with van der Waals surface area (Å²) in [6.07, 6.45) is -4.60. The Bertz CT molecular complexity index is 2550. The van der Waals surface area contributed by atoms with Crippen molar-refractivity contribution in [1.82, 2.24) is 25.2 Å². The zero-order valence-electron chi connectivity index (χ0n) is 38.4. The number of allylic oxidation sites excluding steroid dienone is 1. The third kappa shape index (κ3) is 10.7. The van der Waals surface area contributed by atoms with Crippen molar-refractivity contribution in [1.29, 1.82) is 0 Å². The first-order valence-electron chi connectivity index (χ1n) is 22.5. The van der Waals surface area contributed by atoms with Crippen molar-refractivity contribution in [2.75, 3.05) is 13.7 Å². The number of ether oxygens (including phenoxy) is 4. The van der Waals surface area contributed by atoms with Gasteiger partial charge in [0.1, 0.15) is 29.5 Å². The van der Waals surface area contributed by atoms with Crippen LogP contribution in [0.2, 0.25) is 0 Å². The van der Waals surface area contributed by atoms with Gasteiger partial charge < -0.3 is 34.5 Å². The summed E-state index contributed by atoms with van der Waals surface area (Å²) >= 11 is 0. The number of benzene rings is 2. The molecule has 15 nitrogen and oxygen atoms in total. The number of fused-ring (bicyclic) bond motifs is 3. The minimum absolute atomic E-state index is 0.0428. The van der Waals surface area contributed by atoms with Gasteiger partial charge in [-0.1, -0.05) is 26.0 Å². The highest BCUT2D eigenvalue weighted by molar-refractivity contribution is 7.91. The lowest BCUT2D eigenvalue weighted by Gasteiger charge is -2.33. The SMILES string of the molecule is COc1ccc2c(O[C@@H]3C[C@H]4C(=O)N[C@]5(C(=O)NS(=O)(=O)C6(C)CC6)C[C@H]5/C=C\CC[C@@H](C)C[C@@H](C)[C@H](NC(=O)O[C@H](C)C(F)(F)F)C(=O)N4C3)nc(-c3ccc(OC(C)C)c(F)c3)cc2c1. The first-order valence-corrected chi connectivity index (χ1v) is 23.9. The van der Waals surface area contributed by atoms with E-state index in [9.17, 15) is 40.8 Å². The molecule has 7 rings (SSSR count). The van der Waals surface area contributed by atoms with Gasteiger partial charge in [-0.3, -0.25) is 19.1 Å². The number of nitrogens with zero attached hydrogens (tertiary/aromatic N) is 2. The van der Waals surface area contributed by atoms with Crippen LogP contribution < -0.4 is 29.6 Å². The van der Waals surface area contributed by atoms with Crippen LogP contribution in [0.5, 0.6) is 17.4 Å². The number of carbonyl (C=O) groups is 4. The van der Waals surface area contributed by atoms with Gasteiger partial charge in [0.25, 0.3) is 5.91 Å². The van der Waals surface area contributed by atoms with Crippen LogP contribution in [0.3, 0.4) is 0 Å². The number of carbonyl (C=O) groups excluding carboxylic acids is 4. The monoisotopic (exact) mass is 959 g/mol. The standard InChI is InChI=1S/C47H57F4N5O10S/c1-25(2)64-38-15-12-29(20-35(38)48)36-21-30-19-32(63-7)13-14-34(30)41(52-36)66-33-22-37-40(57)54-46(43(59)55-67(61,62)45(6)16-17-45)23-31(46)11-9-8-10-26(3)18-27(4)39(42(58)56(37)24-33)53-44(60)65-28(5)47(49,50)51/h9,11-15,19-21,25-28,31,33,37,39H,8,10,16-18,22-24H2,1-7H3,(H,53,60)(H,54,57)(H,55,59)/b11-9-/t26-,27-,28-,31-,33-,37+,39+,46-/m1/s1. The molecule has 0 unspecified atom stereocenters. The molecule has 20 heteroatoms. The van der Waals surface area contributed by atoms with Crippen LogP contribution in [-0.4, -0.2) is 103 Å². The van der Waals surface area contributed by atoms with Gasteiger partial charge in [0.15, 0.2) is 17.7 Å². The number of sulfonamides is 1. The molecule has 0 spiro atoms. The fourth-order valence-corrected chi connectivity index (χ4v) is 10.0. The second kappa shape index (κ2) is 18.8. The van der Waals surface area contributed by atoms with Crippen LogP contribution in [0, 0.1) is 23.6 Å². The average Bonchev–Trinajstić information content (AvgIpc) is 4.14. The van der Waals surface area contributed by atoms with Gasteiger partial charge in [0.2, 0.25) is 27.7 Å². The zero-order valence-corrected chi connectivity index (χ0v) is 39.2. The van der Waals surface area contributed by atoms with Crippen LogP contribution in [0.1, 0.15) is 86.5 Å². The number of rotatable bonds is 11. The Morgan fingerprint density at radius 2 is 1.76 bits per heavy atom. The molecule has 2 aliphatic heterocycles. The van der Waals surface area contributed by atoms with Crippen LogP contribution in [-0.2, 0) is 29.1 Å². The summed E-state index contributed by atoms with van der Waals surface area (Å²) in [6.45, 7) is 8.99. The van der Waals surface area contributed by atoms with Crippen molar-refractivity contribution >= 4 is 44.6 Å². The molecule has 4 amide bonds. The Kier molecular flexibility index (Phi) is 13.8. The maximum absolute atomic E-state index is 15.3. The molecule has 2 saturated carbocycles. The van der Waals surface area contributed by atoms with Gasteiger partial charge in [0.05, 0.1) is 30.2 Å². The molecule has 2 aliphatic carbocycles. The summed E-state index contributed by atoms with van der Waals surface area (Å²) in [5.74, 6) is -4.01. The van der Waals surface area contributed by atoms with Crippen molar-refractivity contribution in [2.24, 2.45) is 17.8 Å². The molecule has 3 fully saturated rings. The smallest absolute Gasteiger partial charge is 0.425 e. The lowest BCUT2D eigenvalue weighted by molar-refractivity contribution is -0.197. The van der Waals surface area contributed by atoms with E-state index in [0.717, 1.165) is 4.90 Å². The number of aromatic nitrogens is 1. The Morgan fingerprint density at radius 1 is 1.03 bits per heavy atom. The van der Waals surface area contributed by atoms with E-state index in [1.165, 1.54) is 26.2 Å². The van der Waals surface area contributed by atoms with Crippen molar-refractivity contribution in [3.63, 3.8) is 0 Å². The number of alkyl carbamates (subject to hydrolysis) is 1. The van der Waals surface area contributed by atoms with Gasteiger partial charge in [-0.05, 0) is 126 Å². The molecule has 1 aromatic heterocycles. The minimum Gasteiger partial charge on any atom is -0.497 e. The molecule has 3 N–H and O–H groups in total. The average molecular weight is 960 g/mol. The van der Waals surface area contributed by atoms with Crippen molar-refractivity contribution in [2.45, 2.75) is 133 Å². The van der Waals surface area contributed by atoms with Crippen molar-refractivity contribution in [3.8, 4) is 28.6 Å². The maximum Gasteiger partial charge on any atom is 0.425 e. The lowest BCUT2D eigenvalue weighted by Crippen LogP contribution is -2.59. The topological polar surface area (TPSA) is 192 Å². The van der Waals surface area contributed by atoms with Crippen molar-refractivity contribution < 1.29 is 64.1 Å². The molecule has 3 heterocycles. The Labute approximate surface area is 386 Å². The van der Waals surface area contributed by atoms with Gasteiger partial charge in [0, 0.05) is 23.3 Å². The summed E-state index contributed by atoms with van der Waals surface area (Å²) < 4.78 is 106. The molecule has 3 aromatic rings. The number of amides is 4. The van der Waals surface area contributed by atoms with E-state index in [-0.39, 0.29) is 43.0 Å². The number of pyridine rings is 1. The van der Waals surface area contributed by atoms with E-state index in [4.69, 9.17) is 19.2 Å². The van der Waals surface area contributed by atoms with E-state index < -0.39 is 92.2 Å². The molecule has 8 atom stereocenters. The Morgan fingerprint density at radius 3 is 2.42 bits per heavy atom. The third-order valence-corrected chi connectivity index (χ3v) is 15.3. The summed E-state index contributed by atoms with van der Waals surface area (Å²) in [5, 5.41) is 6.22. The first kappa shape index (κ1) is 49.3. The predicted octanol–water partition coefficient (Wildman–Crippen LogP) is 7.12.